The Balaban J connectivity index is 1.51. The lowest BCUT2D eigenvalue weighted by Crippen LogP contribution is -2.06. The molecule has 4 nitrogen and oxygen atoms in total. The quantitative estimate of drug-likeness (QED) is 0.672. The van der Waals surface area contributed by atoms with E-state index in [1.807, 2.05) is 36.4 Å². The number of carbonyl (C=O) groups excluding carboxylic acids is 1. The zero-order chi connectivity index (χ0) is 16.8. The lowest BCUT2D eigenvalue weighted by molar-refractivity contribution is -0.144. The summed E-state index contributed by atoms with van der Waals surface area (Å²) in [6.07, 6.45) is 0.846. The molecule has 1 aromatic heterocycles. The normalized spacial score (nSPS) is 10.3. The number of hydrogen-bond donors (Lipinski definition) is 0. The van der Waals surface area contributed by atoms with Crippen molar-refractivity contribution < 1.29 is 9.53 Å². The first kappa shape index (κ1) is 15.7. The van der Waals surface area contributed by atoms with E-state index in [2.05, 4.69) is 11.1 Å². The molecule has 1 heterocycles. The van der Waals surface area contributed by atoms with Crippen molar-refractivity contribution in [1.29, 1.82) is 5.26 Å². The first-order chi connectivity index (χ1) is 11.7. The molecule has 118 valence electrons. The van der Waals surface area contributed by atoms with E-state index in [0.717, 1.165) is 22.2 Å². The van der Waals surface area contributed by atoms with Crippen molar-refractivity contribution >= 4 is 16.9 Å². The van der Waals surface area contributed by atoms with Crippen molar-refractivity contribution in [1.82, 2.24) is 4.98 Å². The van der Waals surface area contributed by atoms with E-state index in [1.54, 1.807) is 24.3 Å². The van der Waals surface area contributed by atoms with Crippen LogP contribution in [0.2, 0.25) is 0 Å². The van der Waals surface area contributed by atoms with Gasteiger partial charge in [0.15, 0.2) is 0 Å². The summed E-state index contributed by atoms with van der Waals surface area (Å²) in [5.41, 5.74) is 3.27. The largest absolute Gasteiger partial charge is 0.461 e. The highest BCUT2D eigenvalue weighted by atomic mass is 16.5. The molecule has 0 atom stereocenters. The number of pyridine rings is 1. The van der Waals surface area contributed by atoms with Gasteiger partial charge < -0.3 is 4.74 Å². The minimum absolute atomic E-state index is 0.218. The summed E-state index contributed by atoms with van der Waals surface area (Å²) in [5, 5.41) is 9.84. The van der Waals surface area contributed by atoms with E-state index in [-0.39, 0.29) is 12.6 Å². The second-order valence-corrected chi connectivity index (χ2v) is 5.46. The maximum Gasteiger partial charge on any atom is 0.306 e. The van der Waals surface area contributed by atoms with E-state index in [4.69, 9.17) is 10.00 Å². The van der Waals surface area contributed by atoms with Crippen LogP contribution in [-0.4, -0.2) is 11.0 Å². The van der Waals surface area contributed by atoms with Gasteiger partial charge in [0.25, 0.3) is 0 Å². The molecule has 3 aromatic rings. The molecule has 0 saturated heterocycles. The van der Waals surface area contributed by atoms with Gasteiger partial charge >= 0.3 is 5.97 Å². The molecule has 0 unspecified atom stereocenters. The zero-order valence-corrected chi connectivity index (χ0v) is 13.1. The molecule has 0 spiro atoms. The number of esters is 1. The Labute approximate surface area is 140 Å². The van der Waals surface area contributed by atoms with Gasteiger partial charge in [0.2, 0.25) is 0 Å². The average molecular weight is 316 g/mol. The van der Waals surface area contributed by atoms with E-state index < -0.39 is 0 Å². The molecule has 0 saturated carbocycles. The standard InChI is InChI=1S/C20H16N2O2/c21-13-15-5-7-16(8-6-15)14-24-20(23)12-11-18-10-9-17-3-1-2-4-19(17)22-18/h1-10H,11-12,14H2. The van der Waals surface area contributed by atoms with Crippen molar-refractivity contribution in [2.24, 2.45) is 0 Å². The molecule has 0 bridgehead atoms. The van der Waals surface area contributed by atoms with Crippen molar-refractivity contribution in [2.75, 3.05) is 0 Å². The fourth-order valence-electron chi connectivity index (χ4n) is 2.39. The number of para-hydroxylation sites is 1. The Morgan fingerprint density at radius 3 is 2.62 bits per heavy atom. The highest BCUT2D eigenvalue weighted by molar-refractivity contribution is 5.78. The Morgan fingerprint density at radius 1 is 1.04 bits per heavy atom. The van der Waals surface area contributed by atoms with E-state index in [1.165, 1.54) is 0 Å². The number of aryl methyl sites for hydroxylation is 1. The highest BCUT2D eigenvalue weighted by Gasteiger charge is 2.06. The van der Waals surface area contributed by atoms with Crippen molar-refractivity contribution in [3.05, 3.63) is 77.5 Å². The molecule has 24 heavy (non-hydrogen) atoms. The molecule has 0 N–H and O–H groups in total. The Bertz CT molecular complexity index is 895. The SMILES string of the molecule is N#Cc1ccc(COC(=O)CCc2ccc3ccccc3n2)cc1. The zero-order valence-electron chi connectivity index (χ0n) is 13.1. The van der Waals surface area contributed by atoms with Crippen LogP contribution in [0.3, 0.4) is 0 Å². The van der Waals surface area contributed by atoms with Crippen LogP contribution in [-0.2, 0) is 22.6 Å². The number of rotatable bonds is 5. The summed E-state index contributed by atoms with van der Waals surface area (Å²) >= 11 is 0. The molecule has 0 radical (unpaired) electrons. The van der Waals surface area contributed by atoms with Crippen LogP contribution in [0.15, 0.2) is 60.7 Å². The minimum atomic E-state index is -0.255. The number of fused-ring (bicyclic) bond motifs is 1. The fourth-order valence-corrected chi connectivity index (χ4v) is 2.39. The number of ether oxygens (including phenoxy) is 1. The van der Waals surface area contributed by atoms with Crippen LogP contribution in [0.1, 0.15) is 23.2 Å². The Kier molecular flexibility index (Phi) is 4.83. The second kappa shape index (κ2) is 7.38. The first-order valence-corrected chi connectivity index (χ1v) is 7.74. The van der Waals surface area contributed by atoms with Crippen LogP contribution in [0.5, 0.6) is 0 Å². The fraction of sp³-hybridized carbons (Fsp3) is 0.150. The number of carbonyl (C=O) groups is 1. The topological polar surface area (TPSA) is 63.0 Å². The third-order valence-electron chi connectivity index (χ3n) is 3.72. The van der Waals surface area contributed by atoms with Gasteiger partial charge in [-0.25, -0.2) is 0 Å². The van der Waals surface area contributed by atoms with Gasteiger partial charge in [-0.2, -0.15) is 5.26 Å². The summed E-state index contributed by atoms with van der Waals surface area (Å²) < 4.78 is 5.26. The summed E-state index contributed by atoms with van der Waals surface area (Å²) in [7, 11) is 0. The number of aromatic nitrogens is 1. The van der Waals surface area contributed by atoms with Gasteiger partial charge in [0, 0.05) is 17.5 Å². The lowest BCUT2D eigenvalue weighted by Gasteiger charge is -2.06. The Hall–Kier alpha value is -3.19. The van der Waals surface area contributed by atoms with Gasteiger partial charge in [-0.15, -0.1) is 0 Å². The summed E-state index contributed by atoms with van der Waals surface area (Å²) in [6, 6.07) is 20.9. The van der Waals surface area contributed by atoms with Crippen LogP contribution in [0.25, 0.3) is 10.9 Å². The maximum absolute atomic E-state index is 11.9. The monoisotopic (exact) mass is 316 g/mol. The first-order valence-electron chi connectivity index (χ1n) is 7.74. The second-order valence-electron chi connectivity index (χ2n) is 5.46. The van der Waals surface area contributed by atoms with Crippen molar-refractivity contribution in [3.63, 3.8) is 0 Å². The van der Waals surface area contributed by atoms with Crippen LogP contribution in [0, 0.1) is 11.3 Å². The molecule has 0 aliphatic heterocycles. The summed E-state index contributed by atoms with van der Waals surface area (Å²) in [5.74, 6) is -0.255. The number of benzene rings is 2. The van der Waals surface area contributed by atoms with Gasteiger partial charge in [-0.05, 0) is 29.8 Å². The molecular weight excluding hydrogens is 300 g/mol. The van der Waals surface area contributed by atoms with E-state index in [9.17, 15) is 4.79 Å². The number of nitriles is 1. The minimum Gasteiger partial charge on any atom is -0.461 e. The van der Waals surface area contributed by atoms with Gasteiger partial charge in [-0.1, -0.05) is 36.4 Å². The summed E-state index contributed by atoms with van der Waals surface area (Å²) in [6.45, 7) is 0.218. The molecule has 3 rings (SSSR count). The molecule has 0 aliphatic rings. The van der Waals surface area contributed by atoms with E-state index in [0.29, 0.717) is 18.4 Å². The lowest BCUT2D eigenvalue weighted by atomic mass is 10.1. The van der Waals surface area contributed by atoms with Crippen LogP contribution in [0.4, 0.5) is 0 Å². The Morgan fingerprint density at radius 2 is 1.83 bits per heavy atom. The average Bonchev–Trinajstić information content (AvgIpc) is 2.65. The smallest absolute Gasteiger partial charge is 0.306 e. The highest BCUT2D eigenvalue weighted by Crippen LogP contribution is 2.13. The molecule has 0 fully saturated rings. The molecule has 4 heteroatoms. The van der Waals surface area contributed by atoms with Crippen LogP contribution < -0.4 is 0 Å². The maximum atomic E-state index is 11.9. The molecule has 0 aliphatic carbocycles. The van der Waals surface area contributed by atoms with Crippen LogP contribution >= 0.6 is 0 Å². The molecule has 2 aromatic carbocycles. The number of hydrogen-bond acceptors (Lipinski definition) is 4. The van der Waals surface area contributed by atoms with Gasteiger partial charge in [-0.3, -0.25) is 9.78 Å². The van der Waals surface area contributed by atoms with Crippen molar-refractivity contribution in [2.45, 2.75) is 19.4 Å². The number of nitrogens with zero attached hydrogens (tertiary/aromatic N) is 2. The van der Waals surface area contributed by atoms with Crippen molar-refractivity contribution in [3.8, 4) is 6.07 Å². The predicted molar refractivity (Wildman–Crippen MR) is 91.0 cm³/mol. The van der Waals surface area contributed by atoms with E-state index >= 15 is 0 Å². The molecule has 0 amide bonds. The summed E-state index contributed by atoms with van der Waals surface area (Å²) in [4.78, 5) is 16.4. The predicted octanol–water partition coefficient (Wildman–Crippen LogP) is 3.78. The van der Waals surface area contributed by atoms with Gasteiger partial charge in [0.1, 0.15) is 6.61 Å². The third kappa shape index (κ3) is 3.96. The third-order valence-corrected chi connectivity index (χ3v) is 3.72. The van der Waals surface area contributed by atoms with Gasteiger partial charge in [0.05, 0.1) is 23.6 Å². The molecular formula is C20H16N2O2.